The second-order valence-electron chi connectivity index (χ2n) is 6.38. The molecule has 5 N–H and O–H groups in total. The fourth-order valence-electron chi connectivity index (χ4n) is 2.85. The first-order valence-electron chi connectivity index (χ1n) is 9.18. The normalized spacial score (nSPS) is 10.8. The zero-order chi connectivity index (χ0) is 20.1. The van der Waals surface area contributed by atoms with Crippen molar-refractivity contribution in [2.45, 2.75) is 0 Å². The second kappa shape index (κ2) is 8.49. The Morgan fingerprint density at radius 3 is 2.62 bits per heavy atom. The first-order chi connectivity index (χ1) is 14.2. The highest BCUT2D eigenvalue weighted by Crippen LogP contribution is 2.27. The molecule has 0 atom stereocenters. The number of hydrogen-bond acceptors (Lipinski definition) is 7. The number of aromatic nitrogens is 3. The number of rotatable bonds is 8. The molecule has 0 amide bonds. The Morgan fingerprint density at radius 2 is 1.83 bits per heavy atom. The predicted octanol–water partition coefficient (Wildman–Crippen LogP) is 4.05. The maximum absolute atomic E-state index is 5.88. The molecule has 0 fully saturated rings. The van der Waals surface area contributed by atoms with E-state index in [4.69, 9.17) is 15.2 Å². The third-order valence-corrected chi connectivity index (χ3v) is 4.23. The molecule has 8 heteroatoms. The number of H-pyrrole nitrogens is 1. The number of nitrogens with one attached hydrogen (secondary N) is 3. The lowest BCUT2D eigenvalue weighted by Gasteiger charge is -2.11. The summed E-state index contributed by atoms with van der Waals surface area (Å²) in [6.07, 6.45) is 1.83. The van der Waals surface area contributed by atoms with E-state index in [9.17, 15) is 0 Å². The maximum atomic E-state index is 5.88. The van der Waals surface area contributed by atoms with E-state index in [1.54, 1.807) is 7.11 Å². The van der Waals surface area contributed by atoms with Gasteiger partial charge in [-0.2, -0.15) is 9.97 Å². The van der Waals surface area contributed by atoms with E-state index in [2.05, 4.69) is 25.6 Å². The first kappa shape index (κ1) is 18.6. The minimum atomic E-state index is 0.472. The Kier molecular flexibility index (Phi) is 5.44. The molecule has 0 aliphatic carbocycles. The molecule has 0 radical (unpaired) electrons. The van der Waals surface area contributed by atoms with E-state index in [-0.39, 0.29) is 0 Å². The lowest BCUT2D eigenvalue weighted by molar-refractivity contribution is 0.146. The van der Waals surface area contributed by atoms with Crippen LogP contribution in [-0.2, 0) is 4.74 Å². The van der Waals surface area contributed by atoms with Crippen molar-refractivity contribution in [3.63, 3.8) is 0 Å². The largest absolute Gasteiger partial charge is 0.491 e. The Labute approximate surface area is 168 Å². The van der Waals surface area contributed by atoms with E-state index >= 15 is 0 Å². The van der Waals surface area contributed by atoms with Gasteiger partial charge in [0.2, 0.25) is 5.95 Å². The Hall–Kier alpha value is -3.78. The van der Waals surface area contributed by atoms with Gasteiger partial charge in [0, 0.05) is 30.4 Å². The van der Waals surface area contributed by atoms with Crippen LogP contribution in [0.5, 0.6) is 5.75 Å². The van der Waals surface area contributed by atoms with Crippen LogP contribution in [0.2, 0.25) is 0 Å². The number of benzene rings is 2. The van der Waals surface area contributed by atoms with Gasteiger partial charge >= 0.3 is 0 Å². The van der Waals surface area contributed by atoms with Gasteiger partial charge in [-0.3, -0.25) is 0 Å². The molecule has 2 aromatic carbocycles. The summed E-state index contributed by atoms with van der Waals surface area (Å²) in [6, 6.07) is 17.1. The highest BCUT2D eigenvalue weighted by atomic mass is 16.5. The van der Waals surface area contributed by atoms with Crippen LogP contribution in [0, 0.1) is 0 Å². The second-order valence-corrected chi connectivity index (χ2v) is 6.38. The smallest absolute Gasteiger partial charge is 0.231 e. The van der Waals surface area contributed by atoms with Crippen molar-refractivity contribution in [1.29, 1.82) is 0 Å². The highest BCUT2D eigenvalue weighted by molar-refractivity contribution is 5.90. The van der Waals surface area contributed by atoms with Gasteiger partial charge in [-0.05, 0) is 48.5 Å². The van der Waals surface area contributed by atoms with Crippen LogP contribution in [0.1, 0.15) is 0 Å². The molecule has 4 rings (SSSR count). The molecule has 148 valence electrons. The van der Waals surface area contributed by atoms with Crippen LogP contribution >= 0.6 is 0 Å². The van der Waals surface area contributed by atoms with Crippen LogP contribution in [0.25, 0.3) is 11.0 Å². The summed E-state index contributed by atoms with van der Waals surface area (Å²) in [4.78, 5) is 12.3. The lowest BCUT2D eigenvalue weighted by atomic mass is 10.2. The van der Waals surface area contributed by atoms with Gasteiger partial charge in [0.15, 0.2) is 0 Å². The molecule has 0 spiro atoms. The van der Waals surface area contributed by atoms with E-state index in [1.165, 1.54) is 0 Å². The van der Waals surface area contributed by atoms with Crippen molar-refractivity contribution in [2.24, 2.45) is 0 Å². The average molecular weight is 390 g/mol. The van der Waals surface area contributed by atoms with Gasteiger partial charge in [0.1, 0.15) is 23.8 Å². The van der Waals surface area contributed by atoms with Gasteiger partial charge in [-0.25, -0.2) is 0 Å². The zero-order valence-corrected chi connectivity index (χ0v) is 16.0. The molecule has 0 saturated heterocycles. The number of methoxy groups -OCH3 is 1. The van der Waals surface area contributed by atoms with Gasteiger partial charge in [0.05, 0.1) is 12.0 Å². The van der Waals surface area contributed by atoms with Crippen LogP contribution < -0.4 is 21.1 Å². The van der Waals surface area contributed by atoms with Crippen LogP contribution in [-0.4, -0.2) is 35.3 Å². The molecule has 4 aromatic rings. The topological polar surface area (TPSA) is 110 Å². The van der Waals surface area contributed by atoms with Crippen LogP contribution in [0.4, 0.5) is 28.8 Å². The summed E-state index contributed by atoms with van der Waals surface area (Å²) in [7, 11) is 1.65. The van der Waals surface area contributed by atoms with Crippen molar-refractivity contribution >= 4 is 39.9 Å². The number of aromatic amines is 1. The number of ether oxygens (including phenoxy) is 2. The molecular formula is C21H22N6O2. The summed E-state index contributed by atoms with van der Waals surface area (Å²) in [5.41, 5.74) is 9.00. The summed E-state index contributed by atoms with van der Waals surface area (Å²) < 4.78 is 10.6. The monoisotopic (exact) mass is 390 g/mol. The maximum Gasteiger partial charge on any atom is 0.231 e. The summed E-state index contributed by atoms with van der Waals surface area (Å²) >= 11 is 0. The minimum Gasteiger partial charge on any atom is -0.491 e. The van der Waals surface area contributed by atoms with Gasteiger partial charge < -0.3 is 30.8 Å². The molecule has 0 aliphatic heterocycles. The minimum absolute atomic E-state index is 0.472. The molecular weight excluding hydrogens is 368 g/mol. The van der Waals surface area contributed by atoms with E-state index in [0.29, 0.717) is 30.7 Å². The molecule has 0 unspecified atom stereocenters. The van der Waals surface area contributed by atoms with E-state index in [1.807, 2.05) is 60.8 Å². The van der Waals surface area contributed by atoms with E-state index < -0.39 is 0 Å². The SMILES string of the molecule is COCCOc1ccc(Nc2nc(Nc3cccc(N)c3)c3cc[nH]c3n2)cc1. The number of nitrogens with two attached hydrogens (primary N) is 1. The van der Waals surface area contributed by atoms with Gasteiger partial charge in [0.25, 0.3) is 0 Å². The standard InChI is InChI=1S/C21H22N6O2/c1-28-11-12-29-17-7-5-15(6-8-17)25-21-26-19-18(9-10-23-19)20(27-21)24-16-4-2-3-14(22)13-16/h2-10,13H,11-12,22H2,1H3,(H3,23,24,25,26,27). The lowest BCUT2D eigenvalue weighted by Crippen LogP contribution is -2.04. The zero-order valence-electron chi connectivity index (χ0n) is 16.0. The third kappa shape index (κ3) is 4.56. The highest BCUT2D eigenvalue weighted by Gasteiger charge is 2.10. The number of nitrogen functional groups attached to an aromatic ring is 1. The molecule has 29 heavy (non-hydrogen) atoms. The number of nitrogens with zero attached hydrogens (tertiary/aromatic N) is 2. The van der Waals surface area contributed by atoms with Gasteiger partial charge in [-0.1, -0.05) is 6.07 Å². The first-order valence-corrected chi connectivity index (χ1v) is 9.18. The quantitative estimate of drug-likeness (QED) is 0.265. The van der Waals surface area contributed by atoms with Crippen molar-refractivity contribution < 1.29 is 9.47 Å². The molecule has 2 aromatic heterocycles. The third-order valence-electron chi connectivity index (χ3n) is 4.23. The summed E-state index contributed by atoms with van der Waals surface area (Å²) in [6.45, 7) is 1.06. The molecule has 2 heterocycles. The molecule has 0 saturated carbocycles. The van der Waals surface area contributed by atoms with Crippen molar-refractivity contribution in [3.8, 4) is 5.75 Å². The number of hydrogen-bond donors (Lipinski definition) is 4. The Balaban J connectivity index is 1.55. The Bertz CT molecular complexity index is 1090. The Morgan fingerprint density at radius 1 is 0.966 bits per heavy atom. The predicted molar refractivity (Wildman–Crippen MR) is 115 cm³/mol. The van der Waals surface area contributed by atoms with Crippen molar-refractivity contribution in [2.75, 3.05) is 36.7 Å². The number of anilines is 5. The molecule has 8 nitrogen and oxygen atoms in total. The summed E-state index contributed by atoms with van der Waals surface area (Å²) in [5, 5.41) is 7.43. The van der Waals surface area contributed by atoms with Crippen LogP contribution in [0.15, 0.2) is 60.8 Å². The summed E-state index contributed by atoms with van der Waals surface area (Å²) in [5.74, 6) is 1.93. The average Bonchev–Trinajstić information content (AvgIpc) is 3.19. The fraction of sp³-hybridized carbons (Fsp3) is 0.143. The molecule has 0 aliphatic rings. The van der Waals surface area contributed by atoms with Crippen LogP contribution in [0.3, 0.4) is 0 Å². The number of fused-ring (bicyclic) bond motifs is 1. The van der Waals surface area contributed by atoms with Crippen molar-refractivity contribution in [1.82, 2.24) is 15.0 Å². The van der Waals surface area contributed by atoms with Gasteiger partial charge in [-0.15, -0.1) is 0 Å². The molecule has 0 bridgehead atoms. The van der Waals surface area contributed by atoms with E-state index in [0.717, 1.165) is 28.2 Å². The fourth-order valence-corrected chi connectivity index (χ4v) is 2.85. The van der Waals surface area contributed by atoms with Crippen molar-refractivity contribution in [3.05, 3.63) is 60.8 Å².